The molecule has 1 aliphatic rings. The second-order valence-electron chi connectivity index (χ2n) is 7.13. The Morgan fingerprint density at radius 3 is 2.10 bits per heavy atom. The van der Waals surface area contributed by atoms with E-state index in [-0.39, 0.29) is 18.4 Å². The Morgan fingerprint density at radius 2 is 1.45 bits per heavy atom. The Balaban J connectivity index is 1.43. The molecule has 0 bridgehead atoms. The van der Waals surface area contributed by atoms with Crippen LogP contribution in [0.15, 0.2) is 48.5 Å². The maximum Gasteiger partial charge on any atom is 0.260 e. The van der Waals surface area contributed by atoms with E-state index in [0.29, 0.717) is 39.0 Å². The van der Waals surface area contributed by atoms with Gasteiger partial charge in [0.25, 0.3) is 5.91 Å². The summed E-state index contributed by atoms with van der Waals surface area (Å²) in [5.74, 6) is 1.60. The summed E-state index contributed by atoms with van der Waals surface area (Å²) in [5, 5.41) is 0. The molecule has 1 saturated heterocycles. The number of para-hydroxylation sites is 2. The average molecular weight is 396 g/mol. The first-order chi connectivity index (χ1) is 14.1. The third kappa shape index (κ3) is 5.50. The van der Waals surface area contributed by atoms with Crippen LogP contribution < -0.4 is 9.47 Å². The van der Waals surface area contributed by atoms with Crippen molar-refractivity contribution >= 4 is 11.8 Å². The van der Waals surface area contributed by atoms with Crippen LogP contribution in [0.25, 0.3) is 0 Å². The van der Waals surface area contributed by atoms with Crippen molar-refractivity contribution in [1.82, 2.24) is 9.80 Å². The highest BCUT2D eigenvalue weighted by molar-refractivity contribution is 5.79. The zero-order chi connectivity index (χ0) is 20.6. The van der Waals surface area contributed by atoms with Crippen molar-refractivity contribution in [3.8, 4) is 11.5 Å². The van der Waals surface area contributed by atoms with Crippen LogP contribution in [0.5, 0.6) is 11.5 Å². The van der Waals surface area contributed by atoms with Crippen molar-refractivity contribution in [1.29, 1.82) is 0 Å². The van der Waals surface area contributed by atoms with Crippen LogP contribution in [0.2, 0.25) is 0 Å². The number of amides is 2. The minimum Gasteiger partial charge on any atom is -0.496 e. The topological polar surface area (TPSA) is 59.1 Å². The summed E-state index contributed by atoms with van der Waals surface area (Å²) >= 11 is 0. The number of nitrogens with zero attached hydrogens (tertiary/aromatic N) is 2. The molecule has 0 saturated carbocycles. The molecule has 3 rings (SSSR count). The Hall–Kier alpha value is -3.02. The van der Waals surface area contributed by atoms with Crippen LogP contribution >= 0.6 is 0 Å². The first-order valence-corrected chi connectivity index (χ1v) is 9.94. The molecule has 29 heavy (non-hydrogen) atoms. The summed E-state index contributed by atoms with van der Waals surface area (Å²) in [6.07, 6.45) is 1.08. The second kappa shape index (κ2) is 9.96. The predicted octanol–water partition coefficient (Wildman–Crippen LogP) is 2.69. The van der Waals surface area contributed by atoms with Crippen molar-refractivity contribution in [3.05, 3.63) is 59.7 Å². The lowest BCUT2D eigenvalue weighted by atomic mass is 10.1. The van der Waals surface area contributed by atoms with E-state index in [1.54, 1.807) is 12.0 Å². The van der Waals surface area contributed by atoms with E-state index in [1.165, 1.54) is 0 Å². The van der Waals surface area contributed by atoms with Gasteiger partial charge in [0.05, 0.1) is 7.11 Å². The van der Waals surface area contributed by atoms with E-state index in [2.05, 4.69) is 0 Å². The summed E-state index contributed by atoms with van der Waals surface area (Å²) < 4.78 is 11.0. The van der Waals surface area contributed by atoms with Crippen LogP contribution in [-0.4, -0.2) is 61.5 Å². The maximum atomic E-state index is 12.6. The number of benzene rings is 2. The summed E-state index contributed by atoms with van der Waals surface area (Å²) in [6, 6.07) is 15.4. The Kier molecular flexibility index (Phi) is 7.11. The number of carbonyl (C=O) groups excluding carboxylic acids is 2. The zero-order valence-corrected chi connectivity index (χ0v) is 17.1. The molecule has 0 spiro atoms. The molecule has 154 valence electrons. The quantitative estimate of drug-likeness (QED) is 0.722. The number of ether oxygens (including phenoxy) is 2. The minimum absolute atomic E-state index is 0.0204. The van der Waals surface area contributed by atoms with Crippen molar-refractivity contribution < 1.29 is 19.1 Å². The maximum absolute atomic E-state index is 12.6. The van der Waals surface area contributed by atoms with Crippen LogP contribution in [-0.2, 0) is 16.0 Å². The standard InChI is InChI=1S/C23H28N2O4/c1-18-7-3-5-9-20(18)29-17-23(27)25-15-13-24(14-16-25)22(26)12-11-19-8-4-6-10-21(19)28-2/h3-10H,11-17H2,1-2H3. The summed E-state index contributed by atoms with van der Waals surface area (Å²) in [4.78, 5) is 28.6. The lowest BCUT2D eigenvalue weighted by Crippen LogP contribution is -2.51. The van der Waals surface area contributed by atoms with Gasteiger partial charge in [-0.25, -0.2) is 0 Å². The molecule has 1 fully saturated rings. The molecule has 6 nitrogen and oxygen atoms in total. The van der Waals surface area contributed by atoms with Crippen molar-refractivity contribution in [3.63, 3.8) is 0 Å². The first kappa shape index (κ1) is 20.7. The lowest BCUT2D eigenvalue weighted by Gasteiger charge is -2.34. The van der Waals surface area contributed by atoms with Crippen LogP contribution in [0.4, 0.5) is 0 Å². The fourth-order valence-electron chi connectivity index (χ4n) is 3.46. The van der Waals surface area contributed by atoms with Gasteiger partial charge >= 0.3 is 0 Å². The van der Waals surface area contributed by atoms with Crippen LogP contribution in [0.1, 0.15) is 17.5 Å². The van der Waals surface area contributed by atoms with E-state index >= 15 is 0 Å². The molecular formula is C23H28N2O4. The van der Waals surface area contributed by atoms with Gasteiger partial charge in [-0.3, -0.25) is 9.59 Å². The highest BCUT2D eigenvalue weighted by Gasteiger charge is 2.24. The van der Waals surface area contributed by atoms with E-state index in [9.17, 15) is 9.59 Å². The first-order valence-electron chi connectivity index (χ1n) is 9.94. The molecule has 0 N–H and O–H groups in total. The molecule has 0 atom stereocenters. The second-order valence-corrected chi connectivity index (χ2v) is 7.13. The SMILES string of the molecule is COc1ccccc1CCC(=O)N1CCN(C(=O)COc2ccccc2C)CC1. The number of aryl methyl sites for hydroxylation is 2. The van der Waals surface area contributed by atoms with Crippen molar-refractivity contribution in [2.75, 3.05) is 39.9 Å². The zero-order valence-electron chi connectivity index (χ0n) is 17.1. The molecule has 2 aromatic rings. The van der Waals surface area contributed by atoms with Gasteiger partial charge in [0.1, 0.15) is 11.5 Å². The van der Waals surface area contributed by atoms with Crippen LogP contribution in [0.3, 0.4) is 0 Å². The number of hydrogen-bond donors (Lipinski definition) is 0. The van der Waals surface area contributed by atoms with Gasteiger partial charge in [0, 0.05) is 32.6 Å². The highest BCUT2D eigenvalue weighted by Crippen LogP contribution is 2.20. The van der Waals surface area contributed by atoms with Crippen LogP contribution in [0, 0.1) is 6.92 Å². The number of piperazine rings is 1. The van der Waals surface area contributed by atoms with Gasteiger partial charge < -0.3 is 19.3 Å². The third-order valence-corrected chi connectivity index (χ3v) is 5.23. The minimum atomic E-state index is -0.0469. The Morgan fingerprint density at radius 1 is 0.862 bits per heavy atom. The number of rotatable bonds is 7. The van der Waals surface area contributed by atoms with Gasteiger partial charge in [-0.15, -0.1) is 0 Å². The molecule has 0 aliphatic carbocycles. The number of methoxy groups -OCH3 is 1. The number of carbonyl (C=O) groups is 2. The average Bonchev–Trinajstić information content (AvgIpc) is 2.77. The highest BCUT2D eigenvalue weighted by atomic mass is 16.5. The van der Waals surface area contributed by atoms with E-state index in [0.717, 1.165) is 22.6 Å². The molecule has 6 heteroatoms. The summed E-state index contributed by atoms with van der Waals surface area (Å²) in [5.41, 5.74) is 2.04. The third-order valence-electron chi connectivity index (χ3n) is 5.23. The summed E-state index contributed by atoms with van der Waals surface area (Å²) in [7, 11) is 1.64. The summed E-state index contributed by atoms with van der Waals surface area (Å²) in [6.45, 7) is 4.16. The van der Waals surface area contributed by atoms with E-state index in [1.807, 2.05) is 60.4 Å². The molecule has 0 radical (unpaired) electrons. The lowest BCUT2D eigenvalue weighted by molar-refractivity contribution is -0.140. The largest absolute Gasteiger partial charge is 0.496 e. The van der Waals surface area contributed by atoms with Gasteiger partial charge in [0.2, 0.25) is 5.91 Å². The molecular weight excluding hydrogens is 368 g/mol. The van der Waals surface area contributed by atoms with Gasteiger partial charge in [-0.1, -0.05) is 36.4 Å². The predicted molar refractivity (Wildman–Crippen MR) is 111 cm³/mol. The molecule has 0 aromatic heterocycles. The van der Waals surface area contributed by atoms with E-state index in [4.69, 9.17) is 9.47 Å². The molecule has 1 heterocycles. The molecule has 2 amide bonds. The smallest absolute Gasteiger partial charge is 0.260 e. The van der Waals surface area contributed by atoms with Gasteiger partial charge in [-0.05, 0) is 36.6 Å². The van der Waals surface area contributed by atoms with Crippen molar-refractivity contribution in [2.24, 2.45) is 0 Å². The Labute approximate surface area is 172 Å². The molecule has 1 aliphatic heterocycles. The normalized spacial score (nSPS) is 13.9. The fourth-order valence-corrected chi connectivity index (χ4v) is 3.46. The molecule has 0 unspecified atom stereocenters. The van der Waals surface area contributed by atoms with Gasteiger partial charge in [-0.2, -0.15) is 0 Å². The van der Waals surface area contributed by atoms with Gasteiger partial charge in [0.15, 0.2) is 6.61 Å². The number of hydrogen-bond acceptors (Lipinski definition) is 4. The fraction of sp³-hybridized carbons (Fsp3) is 0.391. The van der Waals surface area contributed by atoms with Crippen molar-refractivity contribution in [2.45, 2.75) is 19.8 Å². The Bertz CT molecular complexity index is 844. The molecule has 2 aromatic carbocycles. The van der Waals surface area contributed by atoms with E-state index < -0.39 is 0 Å². The monoisotopic (exact) mass is 396 g/mol.